The highest BCUT2D eigenvalue weighted by Crippen LogP contribution is 2.08. The maximum atomic E-state index is 11.0. The van der Waals surface area contributed by atoms with E-state index in [1.54, 1.807) is 6.07 Å². The first-order chi connectivity index (χ1) is 7.83. The normalized spacial score (nSPS) is 10.6. The van der Waals surface area contributed by atoms with Gasteiger partial charge in [-0.3, -0.25) is 4.79 Å². The Morgan fingerprint density at radius 2 is 1.69 bits per heavy atom. The van der Waals surface area contributed by atoms with Crippen molar-refractivity contribution in [2.24, 2.45) is 0 Å². The second-order valence-corrected chi connectivity index (χ2v) is 4.41. The van der Waals surface area contributed by atoms with Gasteiger partial charge in [0.25, 0.3) is 0 Å². The Morgan fingerprint density at radius 3 is 2.38 bits per heavy atom. The molecule has 1 N–H and O–H groups in total. The quantitative estimate of drug-likeness (QED) is 0.667. The fraction of sp³-hybridized carbons (Fsp3) is 0.643. The molecule has 0 bridgehead atoms. The van der Waals surface area contributed by atoms with Crippen molar-refractivity contribution in [3.8, 4) is 0 Å². The van der Waals surface area contributed by atoms with Crippen molar-refractivity contribution in [3.63, 3.8) is 0 Å². The highest BCUT2D eigenvalue weighted by molar-refractivity contribution is 5.03. The summed E-state index contributed by atoms with van der Waals surface area (Å²) in [5, 5.41) is 0. The maximum Gasteiger partial charge on any atom is 0.248 e. The van der Waals surface area contributed by atoms with Gasteiger partial charge in [-0.1, -0.05) is 51.5 Å². The van der Waals surface area contributed by atoms with Crippen molar-refractivity contribution in [1.82, 2.24) is 4.98 Å². The molecule has 0 radical (unpaired) electrons. The van der Waals surface area contributed by atoms with Gasteiger partial charge in [-0.15, -0.1) is 0 Å². The lowest BCUT2D eigenvalue weighted by Gasteiger charge is -2.01. The molecule has 0 fully saturated rings. The van der Waals surface area contributed by atoms with E-state index in [0.29, 0.717) is 0 Å². The van der Waals surface area contributed by atoms with Crippen molar-refractivity contribution in [2.45, 2.75) is 58.3 Å². The van der Waals surface area contributed by atoms with Gasteiger partial charge in [0.15, 0.2) is 0 Å². The number of aromatic nitrogens is 1. The number of hydrogen-bond donors (Lipinski definition) is 1. The van der Waals surface area contributed by atoms with Gasteiger partial charge < -0.3 is 4.98 Å². The minimum atomic E-state index is 0.0143. The maximum absolute atomic E-state index is 11.0. The van der Waals surface area contributed by atoms with Gasteiger partial charge in [0.2, 0.25) is 5.56 Å². The number of aryl methyl sites for hydroxylation is 1. The monoisotopic (exact) mass is 221 g/mol. The van der Waals surface area contributed by atoms with Crippen LogP contribution in [0.2, 0.25) is 0 Å². The Labute approximate surface area is 98.1 Å². The van der Waals surface area contributed by atoms with E-state index in [9.17, 15) is 4.79 Å². The van der Waals surface area contributed by atoms with Crippen molar-refractivity contribution >= 4 is 0 Å². The highest BCUT2D eigenvalue weighted by atomic mass is 16.1. The second kappa shape index (κ2) is 8.14. The summed E-state index contributed by atoms with van der Waals surface area (Å²) >= 11 is 0. The fourth-order valence-electron chi connectivity index (χ4n) is 1.91. The summed E-state index contributed by atoms with van der Waals surface area (Å²) in [5.74, 6) is 0. The molecule has 0 spiro atoms. The molecule has 0 amide bonds. The number of hydrogen-bond acceptors (Lipinski definition) is 1. The van der Waals surface area contributed by atoms with Crippen LogP contribution in [0, 0.1) is 0 Å². The first kappa shape index (κ1) is 13.0. The Hall–Kier alpha value is -1.05. The first-order valence-electron chi connectivity index (χ1n) is 6.51. The van der Waals surface area contributed by atoms with Crippen LogP contribution in [0.4, 0.5) is 0 Å². The van der Waals surface area contributed by atoms with E-state index < -0.39 is 0 Å². The van der Waals surface area contributed by atoms with Gasteiger partial charge >= 0.3 is 0 Å². The number of aromatic amines is 1. The van der Waals surface area contributed by atoms with Crippen LogP contribution in [-0.2, 0) is 6.42 Å². The molecule has 0 aromatic carbocycles. The third-order valence-electron chi connectivity index (χ3n) is 2.88. The average Bonchev–Trinajstić information content (AvgIpc) is 2.28. The highest BCUT2D eigenvalue weighted by Gasteiger charge is 1.94. The minimum Gasteiger partial charge on any atom is -0.326 e. The van der Waals surface area contributed by atoms with Crippen molar-refractivity contribution in [2.75, 3.05) is 0 Å². The summed E-state index contributed by atoms with van der Waals surface area (Å²) in [6, 6.07) is 5.39. The summed E-state index contributed by atoms with van der Waals surface area (Å²) in [7, 11) is 0. The zero-order chi connectivity index (χ0) is 11.6. The fourth-order valence-corrected chi connectivity index (χ4v) is 1.91. The third-order valence-corrected chi connectivity index (χ3v) is 2.88. The molecular weight excluding hydrogens is 198 g/mol. The summed E-state index contributed by atoms with van der Waals surface area (Å²) in [6.45, 7) is 2.24. The van der Waals surface area contributed by atoms with Crippen LogP contribution in [0.5, 0.6) is 0 Å². The van der Waals surface area contributed by atoms with E-state index >= 15 is 0 Å². The molecule has 1 rings (SSSR count). The molecule has 90 valence electrons. The molecule has 16 heavy (non-hydrogen) atoms. The summed E-state index contributed by atoms with van der Waals surface area (Å²) in [5.41, 5.74) is 1.08. The third kappa shape index (κ3) is 5.74. The van der Waals surface area contributed by atoms with Crippen LogP contribution in [0.1, 0.15) is 57.6 Å². The van der Waals surface area contributed by atoms with Gasteiger partial charge in [0, 0.05) is 11.8 Å². The summed E-state index contributed by atoms with van der Waals surface area (Å²) in [4.78, 5) is 13.9. The first-order valence-corrected chi connectivity index (χ1v) is 6.51. The van der Waals surface area contributed by atoms with E-state index in [1.807, 2.05) is 12.1 Å². The van der Waals surface area contributed by atoms with Gasteiger partial charge in [-0.25, -0.2) is 0 Å². The second-order valence-electron chi connectivity index (χ2n) is 4.41. The lowest BCUT2D eigenvalue weighted by Crippen LogP contribution is -2.05. The molecule has 0 aliphatic carbocycles. The number of rotatable bonds is 8. The molecule has 0 saturated heterocycles. The number of nitrogens with one attached hydrogen (secondary N) is 1. The molecule has 1 aromatic heterocycles. The van der Waals surface area contributed by atoms with Gasteiger partial charge in [-0.2, -0.15) is 0 Å². The number of unbranched alkanes of at least 4 members (excludes halogenated alkanes) is 6. The molecule has 1 heterocycles. The average molecular weight is 221 g/mol. The van der Waals surface area contributed by atoms with E-state index in [-0.39, 0.29) is 5.56 Å². The zero-order valence-electron chi connectivity index (χ0n) is 10.3. The molecule has 0 atom stereocenters. The Morgan fingerprint density at radius 1 is 1.00 bits per heavy atom. The van der Waals surface area contributed by atoms with Crippen LogP contribution in [0.15, 0.2) is 23.0 Å². The summed E-state index contributed by atoms with van der Waals surface area (Å²) in [6.07, 6.45) is 10.2. The lowest BCUT2D eigenvalue weighted by atomic mass is 10.1. The molecular formula is C14H23NO. The molecule has 0 aliphatic rings. The van der Waals surface area contributed by atoms with Crippen molar-refractivity contribution in [3.05, 3.63) is 34.2 Å². The van der Waals surface area contributed by atoms with Crippen molar-refractivity contribution in [1.29, 1.82) is 0 Å². The van der Waals surface area contributed by atoms with Gasteiger partial charge in [-0.05, 0) is 18.9 Å². The Kier molecular flexibility index (Phi) is 6.62. The zero-order valence-corrected chi connectivity index (χ0v) is 10.3. The predicted molar refractivity (Wildman–Crippen MR) is 68.8 cm³/mol. The Bertz CT molecular complexity index is 330. The van der Waals surface area contributed by atoms with Crippen molar-refractivity contribution < 1.29 is 0 Å². The van der Waals surface area contributed by atoms with E-state index in [4.69, 9.17) is 0 Å². The lowest BCUT2D eigenvalue weighted by molar-refractivity contribution is 0.587. The van der Waals surface area contributed by atoms with E-state index in [1.165, 1.54) is 44.9 Å². The van der Waals surface area contributed by atoms with Crippen LogP contribution in [0.25, 0.3) is 0 Å². The topological polar surface area (TPSA) is 32.9 Å². The molecule has 0 aliphatic heterocycles. The van der Waals surface area contributed by atoms with Crippen LogP contribution in [-0.4, -0.2) is 4.98 Å². The van der Waals surface area contributed by atoms with E-state index in [2.05, 4.69) is 11.9 Å². The molecule has 1 aromatic rings. The molecule has 2 heteroatoms. The standard InChI is InChI=1S/C14H23NO/c1-2-3-4-5-6-7-8-10-13-11-9-12-14(16)15-13/h9,11-12H,2-8,10H2,1H3,(H,15,16). The van der Waals surface area contributed by atoms with Gasteiger partial charge in [0.05, 0.1) is 0 Å². The number of pyridine rings is 1. The smallest absolute Gasteiger partial charge is 0.248 e. The SMILES string of the molecule is CCCCCCCCCc1cccc(=O)[nH]1. The van der Waals surface area contributed by atoms with Crippen LogP contribution in [0.3, 0.4) is 0 Å². The van der Waals surface area contributed by atoms with Crippen LogP contribution >= 0.6 is 0 Å². The minimum absolute atomic E-state index is 0.0143. The Balaban J connectivity index is 2.05. The molecule has 2 nitrogen and oxygen atoms in total. The van der Waals surface area contributed by atoms with Crippen LogP contribution < -0.4 is 5.56 Å². The van der Waals surface area contributed by atoms with E-state index in [0.717, 1.165) is 12.1 Å². The molecule has 0 saturated carbocycles. The predicted octanol–water partition coefficient (Wildman–Crippen LogP) is 3.67. The number of H-pyrrole nitrogens is 1. The summed E-state index contributed by atoms with van der Waals surface area (Å²) < 4.78 is 0. The van der Waals surface area contributed by atoms with Gasteiger partial charge in [0.1, 0.15) is 0 Å². The molecule has 0 unspecified atom stereocenters. The largest absolute Gasteiger partial charge is 0.326 e.